The molecule has 19 heavy (non-hydrogen) atoms. The summed E-state index contributed by atoms with van der Waals surface area (Å²) in [7, 11) is 3.11. The zero-order chi connectivity index (χ0) is 14.4. The highest BCUT2D eigenvalue weighted by Gasteiger charge is 2.21. The molecule has 0 saturated carbocycles. The largest absolute Gasteiger partial charge is 0.497 e. The van der Waals surface area contributed by atoms with Gasteiger partial charge in [-0.1, -0.05) is 0 Å². The summed E-state index contributed by atoms with van der Waals surface area (Å²) in [5.41, 5.74) is 0.516. The van der Waals surface area contributed by atoms with E-state index in [1.165, 1.54) is 7.11 Å². The van der Waals surface area contributed by atoms with Gasteiger partial charge in [-0.25, -0.2) is 0 Å². The molecule has 0 radical (unpaired) electrons. The molecule has 0 saturated heterocycles. The molecular formula is C14H20ClNO3. The molecule has 0 aromatic heterocycles. The van der Waals surface area contributed by atoms with Crippen molar-refractivity contribution in [1.82, 2.24) is 4.90 Å². The van der Waals surface area contributed by atoms with Gasteiger partial charge in [0.25, 0.3) is 5.91 Å². The summed E-state index contributed by atoms with van der Waals surface area (Å²) in [5.74, 6) is 1.48. The molecule has 0 aliphatic heterocycles. The smallest absolute Gasteiger partial charge is 0.257 e. The predicted octanol–water partition coefficient (Wildman–Crippen LogP) is 2.79. The zero-order valence-electron chi connectivity index (χ0n) is 11.8. The van der Waals surface area contributed by atoms with Crippen LogP contribution in [0.5, 0.6) is 11.5 Å². The molecule has 106 valence electrons. The Bertz CT molecular complexity index is 435. The Balaban J connectivity index is 3.09. The Morgan fingerprint density at radius 2 is 2.00 bits per heavy atom. The first-order valence-electron chi connectivity index (χ1n) is 6.14. The van der Waals surface area contributed by atoms with E-state index in [0.717, 1.165) is 0 Å². The molecule has 0 aliphatic carbocycles. The van der Waals surface area contributed by atoms with E-state index in [4.69, 9.17) is 21.1 Å². The van der Waals surface area contributed by atoms with Crippen molar-refractivity contribution in [3.8, 4) is 11.5 Å². The van der Waals surface area contributed by atoms with Crippen molar-refractivity contribution in [1.29, 1.82) is 0 Å². The highest BCUT2D eigenvalue weighted by molar-refractivity contribution is 6.18. The molecular weight excluding hydrogens is 266 g/mol. The Hall–Kier alpha value is -1.42. The van der Waals surface area contributed by atoms with Crippen LogP contribution in [0.15, 0.2) is 18.2 Å². The van der Waals surface area contributed by atoms with Gasteiger partial charge in [0.2, 0.25) is 0 Å². The average molecular weight is 286 g/mol. The second-order valence-electron chi connectivity index (χ2n) is 4.35. The maximum atomic E-state index is 12.5. The number of rotatable bonds is 6. The number of ether oxygens (including phenoxy) is 2. The van der Waals surface area contributed by atoms with Crippen LogP contribution in [0.25, 0.3) is 0 Å². The molecule has 0 fully saturated rings. The van der Waals surface area contributed by atoms with Crippen LogP contribution in [0.2, 0.25) is 0 Å². The number of hydrogen-bond donors (Lipinski definition) is 0. The van der Waals surface area contributed by atoms with Gasteiger partial charge in [-0.2, -0.15) is 0 Å². The maximum Gasteiger partial charge on any atom is 0.257 e. The Labute approximate surface area is 119 Å². The third-order valence-corrected chi connectivity index (χ3v) is 3.02. The van der Waals surface area contributed by atoms with E-state index in [2.05, 4.69) is 0 Å². The number of benzene rings is 1. The molecule has 4 nitrogen and oxygen atoms in total. The van der Waals surface area contributed by atoms with Gasteiger partial charge >= 0.3 is 0 Å². The molecule has 0 unspecified atom stereocenters. The van der Waals surface area contributed by atoms with Crippen molar-refractivity contribution in [3.63, 3.8) is 0 Å². The molecule has 5 heteroatoms. The van der Waals surface area contributed by atoms with E-state index in [9.17, 15) is 4.79 Å². The van der Waals surface area contributed by atoms with Crippen molar-refractivity contribution in [2.45, 2.75) is 19.9 Å². The number of carbonyl (C=O) groups excluding carboxylic acids is 1. The fourth-order valence-electron chi connectivity index (χ4n) is 1.82. The monoisotopic (exact) mass is 285 g/mol. The van der Waals surface area contributed by atoms with Crippen molar-refractivity contribution in [2.75, 3.05) is 26.6 Å². The van der Waals surface area contributed by atoms with E-state index >= 15 is 0 Å². The number of methoxy groups -OCH3 is 2. The first kappa shape index (κ1) is 15.6. The fourth-order valence-corrected chi connectivity index (χ4v) is 2.00. The lowest BCUT2D eigenvalue weighted by atomic mass is 10.1. The molecule has 1 amide bonds. The van der Waals surface area contributed by atoms with Crippen LogP contribution in [0.4, 0.5) is 0 Å². The van der Waals surface area contributed by atoms with Crippen molar-refractivity contribution < 1.29 is 14.3 Å². The van der Waals surface area contributed by atoms with Gasteiger partial charge in [-0.15, -0.1) is 11.6 Å². The van der Waals surface area contributed by atoms with Crippen LogP contribution in [-0.4, -0.2) is 43.5 Å². The lowest BCUT2D eigenvalue weighted by molar-refractivity contribution is 0.0715. The average Bonchev–Trinajstić information content (AvgIpc) is 2.42. The van der Waals surface area contributed by atoms with Crippen molar-refractivity contribution in [3.05, 3.63) is 23.8 Å². The van der Waals surface area contributed by atoms with Crippen LogP contribution >= 0.6 is 11.6 Å². The van der Waals surface area contributed by atoms with Gasteiger partial charge in [0.05, 0.1) is 19.8 Å². The van der Waals surface area contributed by atoms with Crippen LogP contribution in [-0.2, 0) is 0 Å². The molecule has 0 spiro atoms. The second kappa shape index (κ2) is 7.24. The lowest BCUT2D eigenvalue weighted by Crippen LogP contribution is -2.38. The summed E-state index contributed by atoms with van der Waals surface area (Å²) in [6, 6.07) is 5.24. The fraction of sp³-hybridized carbons (Fsp3) is 0.500. The van der Waals surface area contributed by atoms with Crippen LogP contribution < -0.4 is 9.47 Å². The zero-order valence-corrected chi connectivity index (χ0v) is 12.5. The number of nitrogens with zero attached hydrogens (tertiary/aromatic N) is 1. The normalized spacial score (nSPS) is 10.4. The Morgan fingerprint density at radius 1 is 1.32 bits per heavy atom. The lowest BCUT2D eigenvalue weighted by Gasteiger charge is -2.26. The van der Waals surface area contributed by atoms with Crippen molar-refractivity contribution in [2.24, 2.45) is 0 Å². The SMILES string of the molecule is COc1ccc(C(=O)N(CCCl)C(C)C)c(OC)c1. The predicted molar refractivity (Wildman–Crippen MR) is 76.4 cm³/mol. The van der Waals surface area contributed by atoms with E-state index in [0.29, 0.717) is 29.5 Å². The molecule has 0 heterocycles. The minimum absolute atomic E-state index is 0.0815. The van der Waals surface area contributed by atoms with Gasteiger partial charge in [0.15, 0.2) is 0 Å². The van der Waals surface area contributed by atoms with E-state index in [-0.39, 0.29) is 11.9 Å². The third-order valence-electron chi connectivity index (χ3n) is 2.85. The minimum Gasteiger partial charge on any atom is -0.497 e. The number of amides is 1. The highest BCUT2D eigenvalue weighted by atomic mass is 35.5. The van der Waals surface area contributed by atoms with Crippen LogP contribution in [0.3, 0.4) is 0 Å². The molecule has 0 aliphatic rings. The molecule has 0 N–H and O–H groups in total. The van der Waals surface area contributed by atoms with Gasteiger partial charge in [-0.3, -0.25) is 4.79 Å². The quantitative estimate of drug-likeness (QED) is 0.755. The topological polar surface area (TPSA) is 38.8 Å². The molecule has 1 aromatic rings. The maximum absolute atomic E-state index is 12.5. The molecule has 1 aromatic carbocycles. The summed E-state index contributed by atoms with van der Waals surface area (Å²) in [5, 5.41) is 0. The summed E-state index contributed by atoms with van der Waals surface area (Å²) in [6.07, 6.45) is 0. The molecule has 1 rings (SSSR count). The summed E-state index contributed by atoms with van der Waals surface area (Å²) in [6.45, 7) is 4.42. The number of hydrogen-bond acceptors (Lipinski definition) is 3. The van der Waals surface area contributed by atoms with E-state index in [1.54, 1.807) is 30.2 Å². The standard InChI is InChI=1S/C14H20ClNO3/c1-10(2)16(8-7-15)14(17)12-6-5-11(18-3)9-13(12)19-4/h5-6,9-10H,7-8H2,1-4H3. The van der Waals surface area contributed by atoms with Crippen molar-refractivity contribution >= 4 is 17.5 Å². The van der Waals surface area contributed by atoms with Crippen LogP contribution in [0.1, 0.15) is 24.2 Å². The number of halogens is 1. The Kier molecular flexibility index (Phi) is 5.96. The van der Waals surface area contributed by atoms with Gasteiger partial charge in [0.1, 0.15) is 11.5 Å². The first-order chi connectivity index (χ1) is 9.04. The molecule has 0 bridgehead atoms. The van der Waals surface area contributed by atoms with Crippen LogP contribution in [0, 0.1) is 0 Å². The van der Waals surface area contributed by atoms with Gasteiger partial charge < -0.3 is 14.4 Å². The highest BCUT2D eigenvalue weighted by Crippen LogP contribution is 2.26. The number of alkyl halides is 1. The third kappa shape index (κ3) is 3.77. The van der Waals surface area contributed by atoms with E-state index < -0.39 is 0 Å². The first-order valence-corrected chi connectivity index (χ1v) is 6.67. The Morgan fingerprint density at radius 3 is 2.47 bits per heavy atom. The molecule has 0 atom stereocenters. The summed E-state index contributed by atoms with van der Waals surface area (Å²) in [4.78, 5) is 14.2. The van der Waals surface area contributed by atoms with E-state index in [1.807, 2.05) is 13.8 Å². The number of carbonyl (C=O) groups is 1. The van der Waals surface area contributed by atoms with Gasteiger partial charge in [0, 0.05) is 24.5 Å². The van der Waals surface area contributed by atoms with Gasteiger partial charge in [-0.05, 0) is 26.0 Å². The second-order valence-corrected chi connectivity index (χ2v) is 4.73. The summed E-state index contributed by atoms with van der Waals surface area (Å²) >= 11 is 5.75. The minimum atomic E-state index is -0.0878. The summed E-state index contributed by atoms with van der Waals surface area (Å²) < 4.78 is 10.4.